The van der Waals surface area contributed by atoms with Crippen LogP contribution < -0.4 is 10.2 Å². The third-order valence-corrected chi connectivity index (χ3v) is 0. The predicted octanol–water partition coefficient (Wildman–Crippen LogP) is -2.98. The van der Waals surface area contributed by atoms with Crippen LogP contribution in [-0.4, -0.2) is 97.1 Å². The van der Waals surface area contributed by atoms with E-state index in [4.69, 9.17) is 15.0 Å². The molecule has 0 spiro atoms. The Kier molecular flexibility index (Phi) is 26.9. The molecule has 0 radical (unpaired) electrons. The molecule has 6 heavy (non-hydrogen) atoms. The van der Waals surface area contributed by atoms with E-state index in [0.29, 0.717) is 0 Å². The molecule has 0 saturated heterocycles. The molecule has 0 fully saturated rings. The van der Waals surface area contributed by atoms with Crippen molar-refractivity contribution in [3.8, 4) is 0 Å². The first-order valence-electron chi connectivity index (χ1n) is 0.612. The third kappa shape index (κ3) is 34.3. The maximum Gasteiger partial charge on any atom is 2.00 e. The zero-order valence-corrected chi connectivity index (χ0v) is 10.1. The van der Waals surface area contributed by atoms with Crippen LogP contribution in [0.4, 0.5) is 4.79 Å². The molecule has 0 saturated carbocycles. The standard InChI is InChI=1S/CH2O3.2Sr.2H/c2-1(3)4;;;;/h(H2,2,3,4);;;;/q;2*+2;2*-1/p-2. The predicted molar refractivity (Wildman–Crippen MR) is 19.1 cm³/mol. The molecule has 0 rings (SSSR count). The largest absolute Gasteiger partial charge is 2.00 e. The van der Waals surface area contributed by atoms with Crippen molar-refractivity contribution < 1.29 is 17.9 Å². The first kappa shape index (κ1) is 15.7. The Hall–Kier alpha value is 2.23. The molecule has 0 aliphatic carbocycles. The van der Waals surface area contributed by atoms with E-state index in [2.05, 4.69) is 0 Å². The molecule has 0 aromatic rings. The summed E-state index contributed by atoms with van der Waals surface area (Å²) in [4.78, 5) is 8.33. The van der Waals surface area contributed by atoms with E-state index >= 15 is 0 Å². The molecule has 0 aromatic heterocycles. The topological polar surface area (TPSA) is 63.2 Å². The summed E-state index contributed by atoms with van der Waals surface area (Å²) in [5.41, 5.74) is 0. The fourth-order valence-electron chi connectivity index (χ4n) is 0. The maximum absolute atomic E-state index is 8.33. The number of hydrogen-bond acceptors (Lipinski definition) is 3. The molecule has 0 atom stereocenters. The summed E-state index contributed by atoms with van der Waals surface area (Å²) >= 11 is 0. The van der Waals surface area contributed by atoms with E-state index in [1.807, 2.05) is 0 Å². The van der Waals surface area contributed by atoms with Gasteiger partial charge in [0.1, 0.15) is 0 Å². The number of rotatable bonds is 0. The summed E-state index contributed by atoms with van der Waals surface area (Å²) in [5.74, 6) is 0. The summed E-state index contributed by atoms with van der Waals surface area (Å²) in [6, 6.07) is 0. The fraction of sp³-hybridized carbons (Fsp3) is 0. The number of carbonyl (C=O) groups is 1. The summed E-state index contributed by atoms with van der Waals surface area (Å²) < 4.78 is 0. The van der Waals surface area contributed by atoms with E-state index in [1.54, 1.807) is 0 Å². The smallest absolute Gasteiger partial charge is 1.00 e. The van der Waals surface area contributed by atoms with Crippen LogP contribution in [0.3, 0.4) is 0 Å². The van der Waals surface area contributed by atoms with E-state index in [9.17, 15) is 0 Å². The first-order valence-corrected chi connectivity index (χ1v) is 0.612. The maximum atomic E-state index is 8.33. The number of carboxylic acid groups (broad SMARTS) is 2. The van der Waals surface area contributed by atoms with E-state index in [-0.39, 0.29) is 93.8 Å². The van der Waals surface area contributed by atoms with Crippen LogP contribution in [0.15, 0.2) is 0 Å². The van der Waals surface area contributed by atoms with Gasteiger partial charge in [0.05, 0.1) is 0 Å². The molecule has 0 aliphatic heterocycles. The zero-order chi connectivity index (χ0) is 3.58. The first-order chi connectivity index (χ1) is 1.73. The van der Waals surface area contributed by atoms with Crippen molar-refractivity contribution in [1.82, 2.24) is 0 Å². The second-order valence-corrected chi connectivity index (χ2v) is 0.250. The molecular formula is CH2O3Sr2. The van der Waals surface area contributed by atoms with Crippen LogP contribution in [0.25, 0.3) is 0 Å². The van der Waals surface area contributed by atoms with Gasteiger partial charge in [-0.25, -0.2) is 0 Å². The van der Waals surface area contributed by atoms with Crippen molar-refractivity contribution in [2.45, 2.75) is 0 Å². The second-order valence-electron chi connectivity index (χ2n) is 0.250. The van der Waals surface area contributed by atoms with Gasteiger partial charge >= 0.3 is 91.0 Å². The van der Waals surface area contributed by atoms with Crippen molar-refractivity contribution in [1.29, 1.82) is 0 Å². The second kappa shape index (κ2) is 10.3. The summed E-state index contributed by atoms with van der Waals surface area (Å²) in [6.45, 7) is 0. The van der Waals surface area contributed by atoms with E-state index in [1.165, 1.54) is 0 Å². The van der Waals surface area contributed by atoms with Crippen LogP contribution >= 0.6 is 0 Å². The fourth-order valence-corrected chi connectivity index (χ4v) is 0. The Morgan fingerprint density at radius 2 is 1.33 bits per heavy atom. The van der Waals surface area contributed by atoms with Gasteiger partial charge in [0.25, 0.3) is 0 Å². The molecule has 0 amide bonds. The molecule has 5 heteroatoms. The molecule has 0 unspecified atom stereocenters. The van der Waals surface area contributed by atoms with Gasteiger partial charge in [-0.3, -0.25) is 0 Å². The SMILES string of the molecule is O=C([O-])[O-].[H-].[H-].[Sr+2].[Sr+2]. The van der Waals surface area contributed by atoms with E-state index < -0.39 is 6.16 Å². The molecule has 0 bridgehead atoms. The van der Waals surface area contributed by atoms with Crippen molar-refractivity contribution in [3.05, 3.63) is 0 Å². The number of carbonyl (C=O) groups excluding carboxylic acids is 1. The Labute approximate surface area is 112 Å². The summed E-state index contributed by atoms with van der Waals surface area (Å²) in [7, 11) is 0. The minimum atomic E-state index is -2.33. The normalized spacial score (nSPS) is 4.00. The van der Waals surface area contributed by atoms with Crippen LogP contribution in [0.5, 0.6) is 0 Å². The van der Waals surface area contributed by atoms with Crippen LogP contribution in [-0.2, 0) is 0 Å². The van der Waals surface area contributed by atoms with Gasteiger partial charge in [-0.05, 0) is 6.16 Å². The zero-order valence-electron chi connectivity index (χ0n) is 5.14. The van der Waals surface area contributed by atoms with Crippen LogP contribution in [0.1, 0.15) is 2.85 Å². The minimum absolute atomic E-state index is 0. The molecule has 28 valence electrons. The Bertz CT molecular complexity index is 38.3. The molecule has 3 nitrogen and oxygen atoms in total. The molecule has 0 aromatic carbocycles. The van der Waals surface area contributed by atoms with Crippen LogP contribution in [0, 0.1) is 0 Å². The molecule has 0 aliphatic rings. The average molecular weight is 237 g/mol. The van der Waals surface area contributed by atoms with E-state index in [0.717, 1.165) is 0 Å². The minimum Gasteiger partial charge on any atom is -1.00 e. The van der Waals surface area contributed by atoms with Crippen molar-refractivity contribution in [2.24, 2.45) is 0 Å². The van der Waals surface area contributed by atoms with Gasteiger partial charge in [0.15, 0.2) is 0 Å². The van der Waals surface area contributed by atoms with Gasteiger partial charge in [-0.2, -0.15) is 0 Å². The summed E-state index contributed by atoms with van der Waals surface area (Å²) in [5, 5.41) is 16.7. The van der Waals surface area contributed by atoms with Crippen molar-refractivity contribution >= 4 is 97.1 Å². The molecular weight excluding hydrogens is 235 g/mol. The Morgan fingerprint density at radius 1 is 1.33 bits per heavy atom. The van der Waals surface area contributed by atoms with Gasteiger partial charge in [-0.1, -0.05) is 0 Å². The van der Waals surface area contributed by atoms with Crippen LogP contribution in [0.2, 0.25) is 0 Å². The molecule has 0 N–H and O–H groups in total. The summed E-state index contributed by atoms with van der Waals surface area (Å²) in [6.07, 6.45) is -2.33. The van der Waals surface area contributed by atoms with Gasteiger partial charge in [-0.15, -0.1) is 0 Å². The Balaban J connectivity index is -0.00000000750. The van der Waals surface area contributed by atoms with Crippen molar-refractivity contribution in [2.75, 3.05) is 0 Å². The van der Waals surface area contributed by atoms with Crippen molar-refractivity contribution in [3.63, 3.8) is 0 Å². The number of hydrogen-bond donors (Lipinski definition) is 0. The van der Waals surface area contributed by atoms with Gasteiger partial charge in [0, 0.05) is 0 Å². The van der Waals surface area contributed by atoms with Gasteiger partial charge in [0.2, 0.25) is 0 Å². The van der Waals surface area contributed by atoms with Gasteiger partial charge < -0.3 is 17.9 Å². The molecule has 0 heterocycles. The monoisotopic (exact) mass is 238 g/mol. The quantitative estimate of drug-likeness (QED) is 0.422. The Morgan fingerprint density at radius 3 is 1.33 bits per heavy atom. The average Bonchev–Trinajstić information content (AvgIpc) is 0.811. The third-order valence-electron chi connectivity index (χ3n) is 0.